The fourth-order valence-electron chi connectivity index (χ4n) is 1.64. The molecule has 0 bridgehead atoms. The van der Waals surface area contributed by atoms with E-state index < -0.39 is 0 Å². The molecular formula is C15H20N2O. The quantitative estimate of drug-likeness (QED) is 0.799. The van der Waals surface area contributed by atoms with Crippen molar-refractivity contribution in [2.24, 2.45) is 5.73 Å². The summed E-state index contributed by atoms with van der Waals surface area (Å²) in [5.41, 5.74) is 8.10. The zero-order valence-electron chi connectivity index (χ0n) is 11.0. The van der Waals surface area contributed by atoms with E-state index in [1.54, 1.807) is 0 Å². The number of aryl methyl sites for hydroxylation is 1. The highest BCUT2D eigenvalue weighted by Crippen LogP contribution is 2.14. The maximum Gasteiger partial charge on any atom is 0.224 e. The molecule has 1 aromatic rings. The minimum Gasteiger partial charge on any atom is -0.326 e. The third kappa shape index (κ3) is 5.03. The summed E-state index contributed by atoms with van der Waals surface area (Å²) in [5.74, 6) is 5.84. The van der Waals surface area contributed by atoms with Gasteiger partial charge in [-0.15, -0.1) is 0 Å². The Labute approximate surface area is 109 Å². The zero-order valence-corrected chi connectivity index (χ0v) is 11.0. The van der Waals surface area contributed by atoms with Gasteiger partial charge in [-0.05, 0) is 37.1 Å². The minimum absolute atomic E-state index is 0.0557. The summed E-state index contributed by atoms with van der Waals surface area (Å²) in [7, 11) is 0. The molecule has 1 amide bonds. The molecule has 96 valence electrons. The molecule has 1 rings (SSSR count). The normalized spacial score (nSPS) is 9.50. The van der Waals surface area contributed by atoms with E-state index in [4.69, 9.17) is 5.73 Å². The molecule has 0 aromatic heterocycles. The predicted octanol–water partition coefficient (Wildman–Crippen LogP) is 2.43. The molecule has 0 aliphatic carbocycles. The molecule has 0 saturated carbocycles. The van der Waals surface area contributed by atoms with Crippen molar-refractivity contribution in [3.05, 3.63) is 29.3 Å². The van der Waals surface area contributed by atoms with Crippen LogP contribution in [0, 0.1) is 18.8 Å². The van der Waals surface area contributed by atoms with Gasteiger partial charge in [-0.2, -0.15) is 0 Å². The van der Waals surface area contributed by atoms with E-state index in [9.17, 15) is 4.79 Å². The van der Waals surface area contributed by atoms with Gasteiger partial charge in [0.25, 0.3) is 0 Å². The Bertz CT molecular complexity index is 469. The van der Waals surface area contributed by atoms with Gasteiger partial charge in [-0.1, -0.05) is 25.2 Å². The van der Waals surface area contributed by atoms with E-state index in [1.807, 2.05) is 25.1 Å². The van der Waals surface area contributed by atoms with Gasteiger partial charge in [0.05, 0.1) is 6.54 Å². The number of benzene rings is 1. The third-order valence-electron chi connectivity index (χ3n) is 2.45. The Morgan fingerprint density at radius 1 is 1.39 bits per heavy atom. The van der Waals surface area contributed by atoms with Crippen molar-refractivity contribution in [3.8, 4) is 11.8 Å². The van der Waals surface area contributed by atoms with Crippen LogP contribution in [0.2, 0.25) is 0 Å². The lowest BCUT2D eigenvalue weighted by Crippen LogP contribution is -2.11. The van der Waals surface area contributed by atoms with E-state index >= 15 is 0 Å². The molecule has 3 heteroatoms. The van der Waals surface area contributed by atoms with Gasteiger partial charge in [-0.25, -0.2) is 0 Å². The average Bonchev–Trinajstić information content (AvgIpc) is 2.33. The predicted molar refractivity (Wildman–Crippen MR) is 75.3 cm³/mol. The van der Waals surface area contributed by atoms with Crippen molar-refractivity contribution in [3.63, 3.8) is 0 Å². The minimum atomic E-state index is 0.0557. The van der Waals surface area contributed by atoms with Crippen molar-refractivity contribution in [2.75, 3.05) is 11.9 Å². The number of hydrogen-bond acceptors (Lipinski definition) is 2. The smallest absolute Gasteiger partial charge is 0.224 e. The van der Waals surface area contributed by atoms with Crippen LogP contribution in [-0.2, 0) is 4.79 Å². The van der Waals surface area contributed by atoms with Gasteiger partial charge in [0.2, 0.25) is 5.91 Å². The SMILES string of the molecule is CCCCC(=O)Nc1cc(C)cc(C#CCN)c1. The molecule has 3 nitrogen and oxygen atoms in total. The van der Waals surface area contributed by atoms with E-state index in [0.29, 0.717) is 13.0 Å². The largest absolute Gasteiger partial charge is 0.326 e. The van der Waals surface area contributed by atoms with E-state index in [1.165, 1.54) is 0 Å². The average molecular weight is 244 g/mol. The van der Waals surface area contributed by atoms with Gasteiger partial charge in [0.1, 0.15) is 0 Å². The van der Waals surface area contributed by atoms with Gasteiger partial charge in [0, 0.05) is 17.7 Å². The molecule has 0 spiro atoms. The maximum atomic E-state index is 11.6. The van der Waals surface area contributed by atoms with Crippen molar-refractivity contribution in [1.82, 2.24) is 0 Å². The second-order valence-electron chi connectivity index (χ2n) is 4.25. The number of anilines is 1. The Balaban J connectivity index is 2.76. The Hall–Kier alpha value is -1.79. The summed E-state index contributed by atoms with van der Waals surface area (Å²) in [4.78, 5) is 11.6. The standard InChI is InChI=1S/C15H20N2O/c1-3-4-7-15(18)17-14-10-12(2)9-13(11-14)6-5-8-16/h9-11H,3-4,7-8,16H2,1-2H3,(H,17,18). The molecule has 0 radical (unpaired) electrons. The summed E-state index contributed by atoms with van der Waals surface area (Å²) in [6, 6.07) is 5.79. The van der Waals surface area contributed by atoms with Crippen molar-refractivity contribution in [2.45, 2.75) is 33.1 Å². The topological polar surface area (TPSA) is 55.1 Å². The number of rotatable bonds is 4. The highest BCUT2D eigenvalue weighted by Gasteiger charge is 2.02. The highest BCUT2D eigenvalue weighted by atomic mass is 16.1. The van der Waals surface area contributed by atoms with Crippen LogP contribution >= 0.6 is 0 Å². The second kappa shape index (κ2) is 7.52. The summed E-state index contributed by atoms with van der Waals surface area (Å²) in [6.45, 7) is 4.39. The van der Waals surface area contributed by atoms with Crippen LogP contribution < -0.4 is 11.1 Å². The molecular weight excluding hydrogens is 224 g/mol. The van der Waals surface area contributed by atoms with Crippen LogP contribution in [0.3, 0.4) is 0 Å². The van der Waals surface area contributed by atoms with Gasteiger partial charge in [-0.3, -0.25) is 4.79 Å². The van der Waals surface area contributed by atoms with Crippen molar-refractivity contribution < 1.29 is 4.79 Å². The third-order valence-corrected chi connectivity index (χ3v) is 2.45. The molecule has 0 heterocycles. The summed E-state index contributed by atoms with van der Waals surface area (Å²) in [5, 5.41) is 2.90. The van der Waals surface area contributed by atoms with Crippen LogP contribution in [0.5, 0.6) is 0 Å². The molecule has 0 saturated heterocycles. The highest BCUT2D eigenvalue weighted by molar-refractivity contribution is 5.90. The first-order valence-corrected chi connectivity index (χ1v) is 6.26. The molecule has 0 fully saturated rings. The van der Waals surface area contributed by atoms with Gasteiger partial charge >= 0.3 is 0 Å². The fraction of sp³-hybridized carbons (Fsp3) is 0.400. The molecule has 3 N–H and O–H groups in total. The lowest BCUT2D eigenvalue weighted by atomic mass is 10.1. The van der Waals surface area contributed by atoms with Crippen LogP contribution in [0.4, 0.5) is 5.69 Å². The zero-order chi connectivity index (χ0) is 13.4. The summed E-state index contributed by atoms with van der Waals surface area (Å²) < 4.78 is 0. The van der Waals surface area contributed by atoms with Crippen molar-refractivity contribution in [1.29, 1.82) is 0 Å². The molecule has 0 aliphatic heterocycles. The molecule has 18 heavy (non-hydrogen) atoms. The van der Waals surface area contributed by atoms with Crippen molar-refractivity contribution >= 4 is 11.6 Å². The van der Waals surface area contributed by atoms with Gasteiger partial charge in [0.15, 0.2) is 0 Å². The first-order valence-electron chi connectivity index (χ1n) is 6.26. The van der Waals surface area contributed by atoms with Crippen LogP contribution in [0.15, 0.2) is 18.2 Å². The lowest BCUT2D eigenvalue weighted by Gasteiger charge is -2.06. The molecule has 1 aromatic carbocycles. The number of unbranched alkanes of at least 4 members (excludes halogenated alkanes) is 1. The van der Waals surface area contributed by atoms with E-state index in [-0.39, 0.29) is 5.91 Å². The van der Waals surface area contributed by atoms with Crippen LogP contribution in [0.1, 0.15) is 37.3 Å². The number of carbonyl (C=O) groups is 1. The second-order valence-corrected chi connectivity index (χ2v) is 4.25. The number of hydrogen-bond donors (Lipinski definition) is 2. The number of carbonyl (C=O) groups excluding carboxylic acids is 1. The summed E-state index contributed by atoms with van der Waals surface area (Å²) >= 11 is 0. The maximum absolute atomic E-state index is 11.6. The Kier molecular flexibility index (Phi) is 5.96. The number of nitrogens with one attached hydrogen (secondary N) is 1. The fourth-order valence-corrected chi connectivity index (χ4v) is 1.64. The first kappa shape index (κ1) is 14.3. The monoisotopic (exact) mass is 244 g/mol. The molecule has 0 atom stereocenters. The Morgan fingerprint density at radius 3 is 2.83 bits per heavy atom. The molecule has 0 aliphatic rings. The van der Waals surface area contributed by atoms with Gasteiger partial charge < -0.3 is 11.1 Å². The lowest BCUT2D eigenvalue weighted by molar-refractivity contribution is -0.116. The van der Waals surface area contributed by atoms with E-state index in [0.717, 1.165) is 29.7 Å². The van der Waals surface area contributed by atoms with Crippen LogP contribution in [0.25, 0.3) is 0 Å². The van der Waals surface area contributed by atoms with E-state index in [2.05, 4.69) is 24.1 Å². The number of nitrogens with two attached hydrogens (primary N) is 1. The number of amides is 1. The summed E-state index contributed by atoms with van der Waals surface area (Å²) in [6.07, 6.45) is 2.50. The Morgan fingerprint density at radius 2 is 2.17 bits per heavy atom. The molecule has 0 unspecified atom stereocenters. The van der Waals surface area contributed by atoms with Crippen LogP contribution in [-0.4, -0.2) is 12.5 Å². The first-order chi connectivity index (χ1) is 8.65.